The van der Waals surface area contributed by atoms with Crippen LogP contribution in [0.1, 0.15) is 24.2 Å². The van der Waals surface area contributed by atoms with Gasteiger partial charge in [-0.2, -0.15) is 13.2 Å². The van der Waals surface area contributed by atoms with Crippen molar-refractivity contribution in [2.24, 2.45) is 0 Å². The van der Waals surface area contributed by atoms with Crippen LogP contribution >= 0.6 is 0 Å². The normalized spacial score (nSPS) is 13.4. The Morgan fingerprint density at radius 3 is 2.50 bits per heavy atom. The van der Waals surface area contributed by atoms with Gasteiger partial charge in [-0.3, -0.25) is 0 Å². The Kier molecular flexibility index (Phi) is 4.98. The third kappa shape index (κ3) is 4.93. The highest BCUT2D eigenvalue weighted by Crippen LogP contribution is 2.23. The van der Waals surface area contributed by atoms with Gasteiger partial charge in [-0.1, -0.05) is 6.07 Å². The highest BCUT2D eigenvalue weighted by atomic mass is 19.4. The van der Waals surface area contributed by atoms with Gasteiger partial charge < -0.3 is 14.6 Å². The van der Waals surface area contributed by atoms with E-state index in [2.05, 4.69) is 4.74 Å². The smallest absolute Gasteiger partial charge is 0.411 e. The number of aryl methyl sites for hydroxylation is 1. The van der Waals surface area contributed by atoms with Crippen LogP contribution in [-0.2, 0) is 4.74 Å². The molecular weight excluding hydrogens is 249 g/mol. The minimum atomic E-state index is -4.35. The Labute approximate surface area is 103 Å². The summed E-state index contributed by atoms with van der Waals surface area (Å²) in [5.41, 5.74) is 1.44. The summed E-state index contributed by atoms with van der Waals surface area (Å²) >= 11 is 0. The lowest BCUT2D eigenvalue weighted by Crippen LogP contribution is -2.19. The summed E-state index contributed by atoms with van der Waals surface area (Å²) in [7, 11) is 0. The number of aliphatic hydroxyl groups is 1. The number of rotatable bonds is 5. The quantitative estimate of drug-likeness (QED) is 0.656. The van der Waals surface area contributed by atoms with Gasteiger partial charge in [0.15, 0.2) is 6.79 Å². The molecule has 0 bridgehead atoms. The molecule has 0 heterocycles. The van der Waals surface area contributed by atoms with Gasteiger partial charge in [0.25, 0.3) is 0 Å². The molecule has 102 valence electrons. The number of alkyl halides is 3. The van der Waals surface area contributed by atoms with Gasteiger partial charge in [0.2, 0.25) is 0 Å². The Bertz CT molecular complexity index is 389. The van der Waals surface area contributed by atoms with Gasteiger partial charge in [-0.25, -0.2) is 0 Å². The lowest BCUT2D eigenvalue weighted by molar-refractivity contribution is -0.186. The summed E-state index contributed by atoms with van der Waals surface area (Å²) in [6.07, 6.45) is -4.95. The average molecular weight is 264 g/mol. The SMILES string of the molecule is Cc1cc([C@H](C)O)ccc1OCOCC(F)(F)F. The highest BCUT2D eigenvalue weighted by Gasteiger charge is 2.27. The first-order valence-corrected chi connectivity index (χ1v) is 5.35. The molecule has 0 amide bonds. The second-order valence-electron chi connectivity index (χ2n) is 3.93. The molecule has 0 aromatic heterocycles. The number of hydrogen-bond donors (Lipinski definition) is 1. The van der Waals surface area contributed by atoms with Gasteiger partial charge in [0.1, 0.15) is 12.4 Å². The van der Waals surface area contributed by atoms with E-state index in [9.17, 15) is 18.3 Å². The maximum atomic E-state index is 11.8. The molecule has 1 aromatic carbocycles. The minimum Gasteiger partial charge on any atom is -0.467 e. The fourth-order valence-electron chi connectivity index (χ4n) is 1.36. The number of hydrogen-bond acceptors (Lipinski definition) is 3. The fraction of sp³-hybridized carbons (Fsp3) is 0.500. The van der Waals surface area contributed by atoms with E-state index in [1.807, 2.05) is 0 Å². The van der Waals surface area contributed by atoms with Gasteiger partial charge in [0, 0.05) is 0 Å². The maximum Gasteiger partial charge on any atom is 0.411 e. The number of halogens is 3. The number of aliphatic hydroxyl groups excluding tert-OH is 1. The van der Waals surface area contributed by atoms with Crippen LogP contribution in [0.5, 0.6) is 5.75 Å². The number of ether oxygens (including phenoxy) is 2. The molecule has 0 saturated heterocycles. The van der Waals surface area contributed by atoms with Crippen molar-refractivity contribution < 1.29 is 27.8 Å². The molecule has 3 nitrogen and oxygen atoms in total. The Hall–Kier alpha value is -1.27. The zero-order valence-corrected chi connectivity index (χ0v) is 10.1. The average Bonchev–Trinajstić information content (AvgIpc) is 2.24. The monoisotopic (exact) mass is 264 g/mol. The second-order valence-corrected chi connectivity index (χ2v) is 3.93. The van der Waals surface area contributed by atoms with Crippen molar-refractivity contribution in [2.75, 3.05) is 13.4 Å². The van der Waals surface area contributed by atoms with Crippen LogP contribution in [0, 0.1) is 6.92 Å². The van der Waals surface area contributed by atoms with Crippen molar-refractivity contribution in [2.45, 2.75) is 26.1 Å². The summed E-state index contributed by atoms with van der Waals surface area (Å²) in [6, 6.07) is 4.95. The molecule has 0 aliphatic heterocycles. The second kappa shape index (κ2) is 6.06. The summed E-state index contributed by atoms with van der Waals surface area (Å²) in [5.74, 6) is 0.432. The molecule has 0 aliphatic rings. The van der Waals surface area contributed by atoms with Crippen LogP contribution in [-0.4, -0.2) is 24.7 Å². The molecule has 1 rings (SSSR count). The minimum absolute atomic E-state index is 0.432. The van der Waals surface area contributed by atoms with E-state index in [1.165, 1.54) is 0 Å². The fourth-order valence-corrected chi connectivity index (χ4v) is 1.36. The van der Waals surface area contributed by atoms with Crippen LogP contribution in [0.25, 0.3) is 0 Å². The maximum absolute atomic E-state index is 11.8. The van der Waals surface area contributed by atoms with E-state index < -0.39 is 25.7 Å². The lowest BCUT2D eigenvalue weighted by Gasteiger charge is -2.12. The Morgan fingerprint density at radius 1 is 1.33 bits per heavy atom. The number of benzene rings is 1. The summed E-state index contributed by atoms with van der Waals surface area (Å²) < 4.78 is 44.8. The molecule has 0 unspecified atom stereocenters. The van der Waals surface area contributed by atoms with Crippen LogP contribution < -0.4 is 4.74 Å². The van der Waals surface area contributed by atoms with E-state index in [4.69, 9.17) is 4.74 Å². The third-order valence-electron chi connectivity index (χ3n) is 2.24. The van der Waals surface area contributed by atoms with Gasteiger partial charge in [-0.15, -0.1) is 0 Å². The van der Waals surface area contributed by atoms with Crippen molar-refractivity contribution in [1.82, 2.24) is 0 Å². The first kappa shape index (κ1) is 14.8. The first-order valence-electron chi connectivity index (χ1n) is 5.35. The van der Waals surface area contributed by atoms with E-state index in [-0.39, 0.29) is 0 Å². The van der Waals surface area contributed by atoms with Gasteiger partial charge >= 0.3 is 6.18 Å². The van der Waals surface area contributed by atoms with Gasteiger partial charge in [-0.05, 0) is 37.1 Å². The molecule has 1 atom stereocenters. The van der Waals surface area contributed by atoms with E-state index in [0.29, 0.717) is 5.75 Å². The van der Waals surface area contributed by atoms with Crippen molar-refractivity contribution in [3.8, 4) is 5.75 Å². The van der Waals surface area contributed by atoms with Crippen LogP contribution in [0.4, 0.5) is 13.2 Å². The zero-order valence-electron chi connectivity index (χ0n) is 10.1. The summed E-state index contributed by atoms with van der Waals surface area (Å²) in [5, 5.41) is 9.35. The van der Waals surface area contributed by atoms with Crippen molar-refractivity contribution >= 4 is 0 Å². The van der Waals surface area contributed by atoms with Crippen molar-refractivity contribution in [3.05, 3.63) is 29.3 Å². The molecule has 0 radical (unpaired) electrons. The topological polar surface area (TPSA) is 38.7 Å². The molecule has 6 heteroatoms. The molecule has 1 aromatic rings. The summed E-state index contributed by atoms with van der Waals surface area (Å²) in [6.45, 7) is 1.57. The van der Waals surface area contributed by atoms with Crippen LogP contribution in [0.2, 0.25) is 0 Å². The summed E-state index contributed by atoms with van der Waals surface area (Å²) in [4.78, 5) is 0. The Balaban J connectivity index is 2.48. The predicted molar refractivity (Wildman–Crippen MR) is 59.3 cm³/mol. The van der Waals surface area contributed by atoms with Gasteiger partial charge in [0.05, 0.1) is 6.10 Å². The van der Waals surface area contributed by atoms with E-state index >= 15 is 0 Å². The van der Waals surface area contributed by atoms with E-state index in [0.717, 1.165) is 11.1 Å². The Morgan fingerprint density at radius 2 is 2.00 bits per heavy atom. The largest absolute Gasteiger partial charge is 0.467 e. The highest BCUT2D eigenvalue weighted by molar-refractivity contribution is 5.36. The first-order chi connectivity index (χ1) is 8.29. The molecule has 0 spiro atoms. The molecule has 1 N–H and O–H groups in total. The molecule has 0 saturated carbocycles. The predicted octanol–water partition coefficient (Wildman–Crippen LogP) is 2.96. The van der Waals surface area contributed by atoms with Crippen molar-refractivity contribution in [3.63, 3.8) is 0 Å². The van der Waals surface area contributed by atoms with Crippen molar-refractivity contribution in [1.29, 1.82) is 0 Å². The molecule has 0 aliphatic carbocycles. The molecule has 0 fully saturated rings. The third-order valence-corrected chi connectivity index (χ3v) is 2.24. The van der Waals surface area contributed by atoms with E-state index in [1.54, 1.807) is 32.0 Å². The lowest BCUT2D eigenvalue weighted by atomic mass is 10.1. The molecular formula is C12H15F3O3. The zero-order chi connectivity index (χ0) is 13.8. The van der Waals surface area contributed by atoms with Crippen LogP contribution in [0.3, 0.4) is 0 Å². The standard InChI is InChI=1S/C12H15F3O3/c1-8-5-10(9(2)16)3-4-11(8)18-7-17-6-12(13,14)15/h3-5,9,16H,6-7H2,1-2H3/t9-/m0/s1. The molecule has 18 heavy (non-hydrogen) atoms. The van der Waals surface area contributed by atoms with Crippen LogP contribution in [0.15, 0.2) is 18.2 Å².